The van der Waals surface area contributed by atoms with Crippen LogP contribution in [0.5, 0.6) is 0 Å². The zero-order valence-corrected chi connectivity index (χ0v) is 16.4. The van der Waals surface area contributed by atoms with Crippen molar-refractivity contribution in [3.63, 3.8) is 0 Å². The molecule has 1 unspecified atom stereocenters. The molecule has 0 aliphatic carbocycles. The molecule has 1 saturated heterocycles. The van der Waals surface area contributed by atoms with Crippen LogP contribution in [-0.2, 0) is 11.2 Å². The van der Waals surface area contributed by atoms with Crippen molar-refractivity contribution in [2.24, 2.45) is 4.99 Å². The number of halogens is 1. The zero-order chi connectivity index (χ0) is 18.9. The molecule has 2 heterocycles. The van der Waals surface area contributed by atoms with Crippen LogP contribution in [0.3, 0.4) is 0 Å². The molecule has 1 fully saturated rings. The van der Waals surface area contributed by atoms with Crippen LogP contribution in [-0.4, -0.2) is 51.9 Å². The highest BCUT2D eigenvalue weighted by molar-refractivity contribution is 6.30. The molecular weight excluding hydrogens is 364 g/mol. The van der Waals surface area contributed by atoms with Gasteiger partial charge in [-0.25, -0.2) is 0 Å². The van der Waals surface area contributed by atoms with Crippen LogP contribution in [0.4, 0.5) is 5.69 Å². The number of benzene rings is 1. The van der Waals surface area contributed by atoms with Crippen molar-refractivity contribution in [1.82, 2.24) is 10.6 Å². The van der Waals surface area contributed by atoms with Gasteiger partial charge in [-0.3, -0.25) is 4.99 Å². The Morgan fingerprint density at radius 2 is 2.19 bits per heavy atom. The van der Waals surface area contributed by atoms with E-state index < -0.39 is 0 Å². The Bertz CT molecular complexity index is 703. The van der Waals surface area contributed by atoms with E-state index in [4.69, 9.17) is 20.8 Å². The van der Waals surface area contributed by atoms with Crippen molar-refractivity contribution in [3.05, 3.63) is 53.4 Å². The number of hydrogen-bond acceptors (Lipinski definition) is 4. The quantitative estimate of drug-likeness (QED) is 0.412. The van der Waals surface area contributed by atoms with Gasteiger partial charge in [-0.1, -0.05) is 11.6 Å². The van der Waals surface area contributed by atoms with E-state index in [-0.39, 0.29) is 0 Å². The monoisotopic (exact) mass is 390 g/mol. The summed E-state index contributed by atoms with van der Waals surface area (Å²) in [5.74, 6) is 1.79. The Labute approximate surface area is 165 Å². The number of aliphatic imine (C=N–C) groups is 1. The van der Waals surface area contributed by atoms with E-state index in [0.29, 0.717) is 19.2 Å². The Hall–Kier alpha value is -2.18. The van der Waals surface area contributed by atoms with Crippen LogP contribution in [0.25, 0.3) is 0 Å². The predicted octanol–water partition coefficient (Wildman–Crippen LogP) is 2.94. The Morgan fingerprint density at radius 3 is 2.93 bits per heavy atom. The average Bonchev–Trinajstić information content (AvgIpc) is 3.34. The molecule has 0 amide bonds. The first-order valence-corrected chi connectivity index (χ1v) is 9.69. The number of ether oxygens (including phenoxy) is 1. The van der Waals surface area contributed by atoms with Crippen molar-refractivity contribution in [2.75, 3.05) is 44.8 Å². The van der Waals surface area contributed by atoms with E-state index in [1.165, 1.54) is 5.69 Å². The van der Waals surface area contributed by atoms with E-state index in [2.05, 4.69) is 32.7 Å². The molecule has 0 saturated carbocycles. The first kappa shape index (κ1) is 19.6. The molecule has 1 aromatic carbocycles. The maximum Gasteiger partial charge on any atom is 0.191 e. The fourth-order valence-corrected chi connectivity index (χ4v) is 3.24. The summed E-state index contributed by atoms with van der Waals surface area (Å²) in [7, 11) is 1.69. The van der Waals surface area contributed by atoms with Crippen LogP contribution in [0.2, 0.25) is 5.02 Å². The Morgan fingerprint density at radius 1 is 1.33 bits per heavy atom. The predicted molar refractivity (Wildman–Crippen MR) is 110 cm³/mol. The molecule has 1 aliphatic heterocycles. The van der Waals surface area contributed by atoms with E-state index in [9.17, 15) is 0 Å². The van der Waals surface area contributed by atoms with Crippen molar-refractivity contribution < 1.29 is 9.15 Å². The van der Waals surface area contributed by atoms with Gasteiger partial charge in [0.2, 0.25) is 0 Å². The standard InChI is InChI=1S/C20H27ClN4O2/c1-26-14-11-23-20(22-10-8-19-3-2-13-27-19)24-17-9-12-25(15-17)18-6-4-16(21)5-7-18/h2-7,13,17H,8-12,14-15H2,1H3,(H2,22,23,24). The van der Waals surface area contributed by atoms with Gasteiger partial charge >= 0.3 is 0 Å². The molecule has 0 radical (unpaired) electrons. The Balaban J connectivity index is 1.51. The molecule has 1 atom stereocenters. The third kappa shape index (κ3) is 6.19. The molecule has 7 heteroatoms. The van der Waals surface area contributed by atoms with Crippen molar-refractivity contribution in [3.8, 4) is 0 Å². The van der Waals surface area contributed by atoms with Crippen LogP contribution >= 0.6 is 11.6 Å². The van der Waals surface area contributed by atoms with Crippen LogP contribution in [0, 0.1) is 0 Å². The third-order valence-corrected chi connectivity index (χ3v) is 4.78. The molecule has 1 aromatic heterocycles. The van der Waals surface area contributed by atoms with Gasteiger partial charge in [0, 0.05) is 49.9 Å². The summed E-state index contributed by atoms with van der Waals surface area (Å²) in [6.07, 6.45) is 3.58. The van der Waals surface area contributed by atoms with Crippen LogP contribution in [0.15, 0.2) is 52.1 Å². The first-order chi connectivity index (χ1) is 13.2. The number of furan rings is 1. The van der Waals surface area contributed by atoms with E-state index >= 15 is 0 Å². The topological polar surface area (TPSA) is 62.0 Å². The number of nitrogens with one attached hydrogen (secondary N) is 2. The SMILES string of the molecule is COCCN=C(NCCc1ccco1)NC1CCN(c2ccc(Cl)cc2)C1. The van der Waals surface area contributed by atoms with Gasteiger partial charge in [0.25, 0.3) is 0 Å². The second-order valence-electron chi connectivity index (χ2n) is 6.53. The van der Waals surface area contributed by atoms with Gasteiger partial charge in [0.15, 0.2) is 5.96 Å². The van der Waals surface area contributed by atoms with Gasteiger partial charge in [0.1, 0.15) is 5.76 Å². The van der Waals surface area contributed by atoms with Gasteiger partial charge in [-0.05, 0) is 42.8 Å². The highest BCUT2D eigenvalue weighted by atomic mass is 35.5. The van der Waals surface area contributed by atoms with Crippen molar-refractivity contribution >= 4 is 23.2 Å². The Kier molecular flexibility index (Phi) is 7.42. The highest BCUT2D eigenvalue weighted by Gasteiger charge is 2.23. The summed E-state index contributed by atoms with van der Waals surface area (Å²) < 4.78 is 10.5. The van der Waals surface area contributed by atoms with Crippen molar-refractivity contribution in [2.45, 2.75) is 18.9 Å². The van der Waals surface area contributed by atoms with Gasteiger partial charge < -0.3 is 24.7 Å². The van der Waals surface area contributed by atoms with Crippen molar-refractivity contribution in [1.29, 1.82) is 0 Å². The van der Waals surface area contributed by atoms with Crippen LogP contribution in [0.1, 0.15) is 12.2 Å². The van der Waals surface area contributed by atoms with E-state index in [0.717, 1.165) is 49.2 Å². The molecule has 3 rings (SSSR count). The fraction of sp³-hybridized carbons (Fsp3) is 0.450. The number of guanidine groups is 1. The number of methoxy groups -OCH3 is 1. The summed E-state index contributed by atoms with van der Waals surface area (Å²) in [6, 6.07) is 12.2. The maximum absolute atomic E-state index is 5.99. The minimum absolute atomic E-state index is 0.345. The second-order valence-corrected chi connectivity index (χ2v) is 6.97. The normalized spacial score (nSPS) is 17.3. The average molecular weight is 391 g/mol. The summed E-state index contributed by atoms with van der Waals surface area (Å²) in [4.78, 5) is 6.97. The summed E-state index contributed by atoms with van der Waals surface area (Å²) in [5, 5.41) is 7.71. The molecular formula is C20H27ClN4O2. The van der Waals surface area contributed by atoms with Gasteiger partial charge in [0.05, 0.1) is 19.4 Å². The number of nitrogens with zero attached hydrogens (tertiary/aromatic N) is 2. The fourth-order valence-electron chi connectivity index (χ4n) is 3.12. The molecule has 2 N–H and O–H groups in total. The number of hydrogen-bond donors (Lipinski definition) is 2. The van der Waals surface area contributed by atoms with Crippen LogP contribution < -0.4 is 15.5 Å². The lowest BCUT2D eigenvalue weighted by molar-refractivity contribution is 0.208. The third-order valence-electron chi connectivity index (χ3n) is 4.53. The largest absolute Gasteiger partial charge is 0.469 e. The minimum atomic E-state index is 0.345. The highest BCUT2D eigenvalue weighted by Crippen LogP contribution is 2.22. The molecule has 0 spiro atoms. The zero-order valence-electron chi connectivity index (χ0n) is 15.7. The molecule has 27 heavy (non-hydrogen) atoms. The molecule has 6 nitrogen and oxygen atoms in total. The van der Waals surface area contributed by atoms with E-state index in [1.54, 1.807) is 13.4 Å². The van der Waals surface area contributed by atoms with E-state index in [1.807, 2.05) is 24.3 Å². The summed E-state index contributed by atoms with van der Waals surface area (Å²) in [5.41, 5.74) is 1.20. The molecule has 1 aliphatic rings. The lowest BCUT2D eigenvalue weighted by Crippen LogP contribution is -2.45. The lowest BCUT2D eigenvalue weighted by atomic mass is 10.2. The minimum Gasteiger partial charge on any atom is -0.469 e. The molecule has 0 bridgehead atoms. The summed E-state index contributed by atoms with van der Waals surface area (Å²) in [6.45, 7) is 3.94. The first-order valence-electron chi connectivity index (χ1n) is 9.31. The van der Waals surface area contributed by atoms with Gasteiger partial charge in [-0.15, -0.1) is 0 Å². The molecule has 2 aromatic rings. The second kappa shape index (κ2) is 10.2. The van der Waals surface area contributed by atoms with Gasteiger partial charge in [-0.2, -0.15) is 0 Å². The summed E-state index contributed by atoms with van der Waals surface area (Å²) >= 11 is 5.99. The maximum atomic E-state index is 5.99. The number of rotatable bonds is 8. The lowest BCUT2D eigenvalue weighted by Gasteiger charge is -2.20. The smallest absolute Gasteiger partial charge is 0.191 e. The number of anilines is 1. The molecule has 146 valence electrons.